The lowest BCUT2D eigenvalue weighted by atomic mass is 9.92. The summed E-state index contributed by atoms with van der Waals surface area (Å²) in [5, 5.41) is 16.1. The number of carbonyl (C=O) groups excluding carboxylic acids is 1. The minimum Gasteiger partial charge on any atom is -0.332 e. The second-order valence-corrected chi connectivity index (χ2v) is 7.97. The van der Waals surface area contributed by atoms with Gasteiger partial charge in [-0.1, -0.05) is 5.21 Å². The van der Waals surface area contributed by atoms with Crippen LogP contribution in [0.4, 0.5) is 0 Å². The zero-order valence-corrected chi connectivity index (χ0v) is 14.9. The Morgan fingerprint density at radius 2 is 2.00 bits per heavy atom. The van der Waals surface area contributed by atoms with Crippen LogP contribution in [0, 0.1) is 0 Å². The number of nitrogens with zero attached hydrogens (tertiary/aromatic N) is 5. The fraction of sp³-hybridized carbons (Fsp3) is 0.667. The predicted molar refractivity (Wildman–Crippen MR) is 94.5 cm³/mol. The van der Waals surface area contributed by atoms with Gasteiger partial charge in [0.2, 0.25) is 0 Å². The van der Waals surface area contributed by atoms with Gasteiger partial charge in [-0.3, -0.25) is 9.89 Å². The van der Waals surface area contributed by atoms with Gasteiger partial charge in [-0.25, -0.2) is 4.68 Å². The Bertz CT molecular complexity index is 813. The molecule has 0 bridgehead atoms. The van der Waals surface area contributed by atoms with E-state index >= 15 is 0 Å². The number of H-pyrrole nitrogens is 1. The summed E-state index contributed by atoms with van der Waals surface area (Å²) >= 11 is 0. The Labute approximate surface area is 152 Å². The minimum atomic E-state index is -0.0302. The van der Waals surface area contributed by atoms with Gasteiger partial charge in [0, 0.05) is 42.7 Å². The number of fused-ring (bicyclic) bond motifs is 1. The summed E-state index contributed by atoms with van der Waals surface area (Å²) in [6, 6.07) is 0.612. The number of carbonyl (C=O) groups is 1. The molecule has 2 aromatic rings. The zero-order valence-electron chi connectivity index (χ0n) is 14.9. The van der Waals surface area contributed by atoms with Crippen LogP contribution in [-0.4, -0.2) is 48.6 Å². The molecule has 2 fully saturated rings. The van der Waals surface area contributed by atoms with E-state index < -0.39 is 0 Å². The fourth-order valence-corrected chi connectivity index (χ4v) is 4.27. The van der Waals surface area contributed by atoms with Crippen LogP contribution in [0.25, 0.3) is 0 Å². The summed E-state index contributed by atoms with van der Waals surface area (Å²) in [4.78, 5) is 14.8. The summed E-state index contributed by atoms with van der Waals surface area (Å²) < 4.78 is 1.86. The molecule has 3 aliphatic rings. The smallest absolute Gasteiger partial charge is 0.276 e. The molecule has 2 saturated carbocycles. The van der Waals surface area contributed by atoms with Crippen molar-refractivity contribution in [2.75, 3.05) is 6.54 Å². The van der Waals surface area contributed by atoms with Crippen molar-refractivity contribution < 1.29 is 4.79 Å². The van der Waals surface area contributed by atoms with E-state index in [1.54, 1.807) is 0 Å². The molecule has 138 valence electrons. The molecular formula is C18H25N7O. The molecule has 0 aromatic carbocycles. The predicted octanol–water partition coefficient (Wildman–Crippen LogP) is 1.52. The van der Waals surface area contributed by atoms with Gasteiger partial charge in [0.1, 0.15) is 0 Å². The number of amides is 1. The highest BCUT2D eigenvalue weighted by Gasteiger charge is 2.34. The maximum Gasteiger partial charge on any atom is 0.276 e. The molecule has 0 spiro atoms. The number of aromatic amines is 1. The van der Waals surface area contributed by atoms with Crippen LogP contribution in [0.15, 0.2) is 6.20 Å². The summed E-state index contributed by atoms with van der Waals surface area (Å²) in [7, 11) is 0. The van der Waals surface area contributed by atoms with Crippen molar-refractivity contribution in [2.45, 2.75) is 69.5 Å². The van der Waals surface area contributed by atoms with Gasteiger partial charge in [-0.15, -0.1) is 5.10 Å². The highest BCUT2D eigenvalue weighted by molar-refractivity contribution is 5.92. The van der Waals surface area contributed by atoms with Crippen LogP contribution in [0.2, 0.25) is 0 Å². The van der Waals surface area contributed by atoms with Gasteiger partial charge in [-0.05, 0) is 38.5 Å². The van der Waals surface area contributed by atoms with E-state index in [9.17, 15) is 4.79 Å². The Hall–Kier alpha value is -2.22. The van der Waals surface area contributed by atoms with E-state index in [2.05, 4.69) is 20.5 Å². The topological polar surface area (TPSA) is 106 Å². The normalized spacial score (nSPS) is 26.0. The lowest BCUT2D eigenvalue weighted by Crippen LogP contribution is -2.36. The third-order valence-electron chi connectivity index (χ3n) is 6.06. The molecule has 2 aromatic heterocycles. The number of hydrogen-bond acceptors (Lipinski definition) is 5. The number of hydrogen-bond donors (Lipinski definition) is 2. The van der Waals surface area contributed by atoms with Crippen molar-refractivity contribution in [2.24, 2.45) is 5.73 Å². The van der Waals surface area contributed by atoms with E-state index in [0.29, 0.717) is 36.8 Å². The fourth-order valence-electron chi connectivity index (χ4n) is 4.27. The second-order valence-electron chi connectivity index (χ2n) is 7.97. The van der Waals surface area contributed by atoms with Crippen LogP contribution < -0.4 is 5.73 Å². The van der Waals surface area contributed by atoms with E-state index in [-0.39, 0.29) is 5.91 Å². The summed E-state index contributed by atoms with van der Waals surface area (Å²) in [5.41, 5.74) is 10.0. The Morgan fingerprint density at radius 3 is 2.77 bits per heavy atom. The van der Waals surface area contributed by atoms with Crippen LogP contribution >= 0.6 is 0 Å². The SMILES string of the molecule is NC1CCC(n2cc(C(=O)N3CCc4[nH]nc(C5CC5)c4C3)nn2)CC1. The van der Waals surface area contributed by atoms with Gasteiger partial charge >= 0.3 is 0 Å². The quantitative estimate of drug-likeness (QED) is 0.868. The van der Waals surface area contributed by atoms with Gasteiger partial charge < -0.3 is 10.6 Å². The van der Waals surface area contributed by atoms with Gasteiger partial charge in [0.25, 0.3) is 5.91 Å². The molecule has 26 heavy (non-hydrogen) atoms. The maximum absolute atomic E-state index is 12.9. The zero-order chi connectivity index (χ0) is 17.7. The monoisotopic (exact) mass is 355 g/mol. The lowest BCUT2D eigenvalue weighted by molar-refractivity contribution is 0.0727. The third kappa shape index (κ3) is 2.82. The molecule has 3 N–H and O–H groups in total. The van der Waals surface area contributed by atoms with Crippen LogP contribution in [0.1, 0.15) is 77.9 Å². The Morgan fingerprint density at radius 1 is 1.19 bits per heavy atom. The van der Waals surface area contributed by atoms with E-state index in [1.807, 2.05) is 15.8 Å². The molecule has 0 radical (unpaired) electrons. The van der Waals surface area contributed by atoms with E-state index in [1.165, 1.54) is 29.8 Å². The van der Waals surface area contributed by atoms with Gasteiger partial charge in [0.15, 0.2) is 5.69 Å². The van der Waals surface area contributed by atoms with Crippen molar-refractivity contribution in [3.05, 3.63) is 28.8 Å². The number of rotatable bonds is 3. The number of nitrogens with two attached hydrogens (primary N) is 1. The molecule has 0 unspecified atom stereocenters. The Kier molecular flexibility index (Phi) is 3.81. The number of nitrogens with one attached hydrogen (secondary N) is 1. The van der Waals surface area contributed by atoms with E-state index in [0.717, 1.165) is 32.1 Å². The minimum absolute atomic E-state index is 0.0302. The molecule has 1 amide bonds. The lowest BCUT2D eigenvalue weighted by Gasteiger charge is -2.26. The molecule has 3 heterocycles. The molecule has 2 aliphatic carbocycles. The largest absolute Gasteiger partial charge is 0.332 e. The third-order valence-corrected chi connectivity index (χ3v) is 6.06. The van der Waals surface area contributed by atoms with Crippen molar-refractivity contribution in [3.8, 4) is 0 Å². The second kappa shape index (κ2) is 6.19. The first-order valence-electron chi connectivity index (χ1n) is 9.71. The van der Waals surface area contributed by atoms with Crippen molar-refractivity contribution in [1.29, 1.82) is 0 Å². The molecule has 1 aliphatic heterocycles. The van der Waals surface area contributed by atoms with E-state index in [4.69, 9.17) is 5.73 Å². The highest BCUT2D eigenvalue weighted by Crippen LogP contribution is 2.42. The maximum atomic E-state index is 12.9. The molecule has 8 nitrogen and oxygen atoms in total. The average Bonchev–Trinajstić information content (AvgIpc) is 3.23. The molecule has 5 rings (SSSR count). The van der Waals surface area contributed by atoms with Crippen molar-refractivity contribution in [1.82, 2.24) is 30.1 Å². The van der Waals surface area contributed by atoms with Crippen LogP contribution in [0.5, 0.6) is 0 Å². The summed E-state index contributed by atoms with van der Waals surface area (Å²) in [5.74, 6) is 0.556. The van der Waals surface area contributed by atoms with Crippen LogP contribution in [-0.2, 0) is 13.0 Å². The molecule has 8 heteroatoms. The summed E-state index contributed by atoms with van der Waals surface area (Å²) in [6.45, 7) is 1.32. The number of aromatic nitrogens is 5. The molecular weight excluding hydrogens is 330 g/mol. The summed E-state index contributed by atoms with van der Waals surface area (Å²) in [6.07, 6.45) is 9.09. The Balaban J connectivity index is 1.30. The highest BCUT2D eigenvalue weighted by atomic mass is 16.2. The van der Waals surface area contributed by atoms with Crippen molar-refractivity contribution >= 4 is 5.91 Å². The molecule has 0 atom stereocenters. The first-order chi connectivity index (χ1) is 12.7. The van der Waals surface area contributed by atoms with Crippen molar-refractivity contribution in [3.63, 3.8) is 0 Å². The van der Waals surface area contributed by atoms with Crippen LogP contribution in [0.3, 0.4) is 0 Å². The first-order valence-corrected chi connectivity index (χ1v) is 9.71. The first kappa shape index (κ1) is 16.0. The average molecular weight is 355 g/mol. The van der Waals surface area contributed by atoms with Gasteiger partial charge in [0.05, 0.1) is 17.9 Å². The van der Waals surface area contributed by atoms with Gasteiger partial charge in [-0.2, -0.15) is 5.10 Å². The molecule has 0 saturated heterocycles. The standard InChI is InChI=1S/C18H25N7O/c19-12-3-5-13(6-4-12)25-10-16(21-23-25)18(26)24-8-7-15-14(9-24)17(22-20-15)11-1-2-11/h10-13H,1-9,19H2,(H,20,22).